The minimum Gasteiger partial charge on any atom is -0.464 e. The molecule has 0 spiro atoms. The van der Waals surface area contributed by atoms with Gasteiger partial charge in [0, 0.05) is 55.4 Å². The van der Waals surface area contributed by atoms with E-state index in [1.165, 1.54) is 0 Å². The number of hydrogen-bond donors (Lipinski definition) is 0. The number of carbonyl (C=O) groups excluding carboxylic acids is 1. The number of anilines is 1. The Bertz CT molecular complexity index is 1160. The number of unbranched alkanes of at least 4 members (excludes halogenated alkanes) is 2. The number of rotatable bonds is 14. The highest BCUT2D eigenvalue weighted by atomic mass is 19.1. The molecule has 1 aromatic carbocycles. The van der Waals surface area contributed by atoms with Gasteiger partial charge in [-0.05, 0) is 50.3 Å². The molecule has 0 radical (unpaired) electrons. The molecule has 0 atom stereocenters. The van der Waals surface area contributed by atoms with Gasteiger partial charge in [-0.25, -0.2) is 14.4 Å². The molecule has 0 aliphatic heterocycles. The second-order valence-corrected chi connectivity index (χ2v) is 8.93. The van der Waals surface area contributed by atoms with Gasteiger partial charge >= 0.3 is 6.01 Å². The Balaban J connectivity index is 1.38. The molecule has 190 valence electrons. The lowest BCUT2D eigenvalue weighted by molar-refractivity contribution is -0.118. The molecule has 1 fully saturated rings. The van der Waals surface area contributed by atoms with E-state index in [1.807, 2.05) is 31.2 Å². The number of nitrogens with zero attached hydrogens (tertiary/aromatic N) is 5. The van der Waals surface area contributed by atoms with E-state index in [0.717, 1.165) is 61.2 Å². The summed E-state index contributed by atoms with van der Waals surface area (Å²) in [5, 5.41) is 4.06. The van der Waals surface area contributed by atoms with Crippen molar-refractivity contribution in [3.8, 4) is 17.1 Å². The molecule has 1 aliphatic carbocycles. The highest BCUT2D eigenvalue weighted by Gasteiger charge is 2.28. The molecule has 1 amide bonds. The van der Waals surface area contributed by atoms with E-state index in [2.05, 4.69) is 26.7 Å². The normalized spacial score (nSPS) is 12.9. The molecule has 1 saturated carbocycles. The summed E-state index contributed by atoms with van der Waals surface area (Å²) in [7, 11) is 0. The van der Waals surface area contributed by atoms with Crippen molar-refractivity contribution < 1.29 is 18.4 Å². The number of hydrogen-bond acceptors (Lipinski definition) is 7. The van der Waals surface area contributed by atoms with Gasteiger partial charge in [0.2, 0.25) is 11.8 Å². The molecule has 36 heavy (non-hydrogen) atoms. The van der Waals surface area contributed by atoms with Crippen LogP contribution in [0.15, 0.2) is 53.6 Å². The van der Waals surface area contributed by atoms with Crippen molar-refractivity contribution in [2.75, 3.05) is 18.1 Å². The minimum absolute atomic E-state index is 0.0161. The minimum atomic E-state index is -0.492. The molecule has 2 aromatic heterocycles. The Morgan fingerprint density at radius 1 is 1.17 bits per heavy atom. The molecule has 1 aliphatic rings. The summed E-state index contributed by atoms with van der Waals surface area (Å²) >= 11 is 0. The summed E-state index contributed by atoms with van der Waals surface area (Å²) < 4.78 is 23.9. The quantitative estimate of drug-likeness (QED) is 0.262. The monoisotopic (exact) mass is 493 g/mol. The zero-order chi connectivity index (χ0) is 25.3. The molecule has 2 heterocycles. The van der Waals surface area contributed by atoms with Crippen molar-refractivity contribution in [2.45, 2.75) is 64.2 Å². The van der Waals surface area contributed by atoms with Gasteiger partial charge in [0.1, 0.15) is 0 Å². The van der Waals surface area contributed by atoms with Crippen LogP contribution in [-0.4, -0.2) is 39.2 Å². The Hall–Kier alpha value is -3.62. The number of carbonyl (C=O) groups is 1. The van der Waals surface area contributed by atoms with Crippen LogP contribution in [0.1, 0.15) is 69.5 Å². The first kappa shape index (κ1) is 25.5. The molecular formula is C27H32FN5O3. The van der Waals surface area contributed by atoms with Gasteiger partial charge in [-0.2, -0.15) is 4.98 Å². The Morgan fingerprint density at radius 2 is 1.97 bits per heavy atom. The fraction of sp³-hybridized carbons (Fsp3) is 0.444. The average Bonchev–Trinajstić information content (AvgIpc) is 3.63. The second-order valence-electron chi connectivity index (χ2n) is 8.93. The topological polar surface area (TPSA) is 94.2 Å². The van der Waals surface area contributed by atoms with E-state index >= 15 is 0 Å². The van der Waals surface area contributed by atoms with Crippen molar-refractivity contribution >= 4 is 11.6 Å². The van der Waals surface area contributed by atoms with E-state index < -0.39 is 5.83 Å². The predicted molar refractivity (Wildman–Crippen MR) is 134 cm³/mol. The molecule has 0 bridgehead atoms. The summed E-state index contributed by atoms with van der Waals surface area (Å²) in [6.07, 6.45) is 9.07. The van der Waals surface area contributed by atoms with Crippen LogP contribution in [-0.2, 0) is 11.2 Å². The van der Waals surface area contributed by atoms with E-state index in [1.54, 1.807) is 17.3 Å². The molecule has 9 heteroatoms. The summed E-state index contributed by atoms with van der Waals surface area (Å²) in [6, 6.07) is 7.97. The highest BCUT2D eigenvalue weighted by molar-refractivity contribution is 5.94. The van der Waals surface area contributed by atoms with Crippen molar-refractivity contribution in [3.63, 3.8) is 0 Å². The van der Waals surface area contributed by atoms with Crippen LogP contribution in [0, 0.1) is 0 Å². The number of ether oxygens (including phenoxy) is 1. The number of amides is 1. The SMILES string of the molecule is C=C(F)CCC(=O)N(CCCCCc1nc(C2CC2)no1)c1cccc(-c2cnc(OCC)nc2)c1. The Labute approximate surface area is 210 Å². The Kier molecular flexibility index (Phi) is 8.76. The molecule has 0 unspecified atom stereocenters. The van der Waals surface area contributed by atoms with Crippen molar-refractivity contribution in [3.05, 3.63) is 60.8 Å². The summed E-state index contributed by atoms with van der Waals surface area (Å²) in [5.41, 5.74) is 2.45. The summed E-state index contributed by atoms with van der Waals surface area (Å²) in [6.45, 7) is 6.18. The van der Waals surface area contributed by atoms with Crippen LogP contribution in [0.5, 0.6) is 6.01 Å². The predicted octanol–water partition coefficient (Wildman–Crippen LogP) is 5.81. The largest absolute Gasteiger partial charge is 0.464 e. The van der Waals surface area contributed by atoms with Crippen molar-refractivity contribution in [1.29, 1.82) is 0 Å². The van der Waals surface area contributed by atoms with Gasteiger partial charge in [-0.1, -0.05) is 30.3 Å². The molecule has 3 aromatic rings. The summed E-state index contributed by atoms with van der Waals surface area (Å²) in [4.78, 5) is 27.7. The van der Waals surface area contributed by atoms with Gasteiger partial charge in [-0.3, -0.25) is 4.79 Å². The number of aryl methyl sites for hydroxylation is 1. The van der Waals surface area contributed by atoms with Gasteiger partial charge in [-0.15, -0.1) is 0 Å². The zero-order valence-corrected chi connectivity index (χ0v) is 20.7. The standard InChI is InChI=1S/C27H32FN5O3/c1-3-35-27-29-17-22(18-30-27)21-8-7-9-23(16-21)33(25(34)14-11-19(2)28)15-6-4-5-10-24-31-26(32-36-24)20-12-13-20/h7-9,16-18,20H,2-6,10-15H2,1H3. The second kappa shape index (κ2) is 12.4. The molecule has 8 nitrogen and oxygen atoms in total. The average molecular weight is 494 g/mol. The fourth-order valence-electron chi connectivity index (χ4n) is 3.90. The Morgan fingerprint density at radius 3 is 2.69 bits per heavy atom. The van der Waals surface area contributed by atoms with Crippen LogP contribution in [0.4, 0.5) is 10.1 Å². The maximum atomic E-state index is 13.3. The van der Waals surface area contributed by atoms with Gasteiger partial charge in [0.15, 0.2) is 5.82 Å². The summed E-state index contributed by atoms with van der Waals surface area (Å²) in [5.74, 6) is 1.35. The zero-order valence-electron chi connectivity index (χ0n) is 20.7. The van der Waals surface area contributed by atoms with Crippen LogP contribution in [0.2, 0.25) is 0 Å². The van der Waals surface area contributed by atoms with E-state index in [9.17, 15) is 9.18 Å². The first-order chi connectivity index (χ1) is 17.5. The third-order valence-corrected chi connectivity index (χ3v) is 6.00. The third kappa shape index (κ3) is 7.19. The third-order valence-electron chi connectivity index (χ3n) is 6.00. The van der Waals surface area contributed by atoms with E-state index in [0.29, 0.717) is 31.0 Å². The lowest BCUT2D eigenvalue weighted by Gasteiger charge is -2.23. The lowest BCUT2D eigenvalue weighted by Crippen LogP contribution is -2.31. The lowest BCUT2D eigenvalue weighted by atomic mass is 10.1. The molecule has 0 N–H and O–H groups in total. The van der Waals surface area contributed by atoms with Crippen LogP contribution >= 0.6 is 0 Å². The molecule has 4 rings (SSSR count). The smallest absolute Gasteiger partial charge is 0.316 e. The van der Waals surface area contributed by atoms with Crippen LogP contribution < -0.4 is 9.64 Å². The fourth-order valence-corrected chi connectivity index (χ4v) is 3.90. The van der Waals surface area contributed by atoms with Crippen molar-refractivity contribution in [1.82, 2.24) is 20.1 Å². The van der Waals surface area contributed by atoms with Gasteiger partial charge in [0.25, 0.3) is 0 Å². The maximum absolute atomic E-state index is 13.3. The molecular weight excluding hydrogens is 461 g/mol. The van der Waals surface area contributed by atoms with Crippen molar-refractivity contribution in [2.24, 2.45) is 0 Å². The number of benzene rings is 1. The number of allylic oxidation sites excluding steroid dienone is 1. The highest BCUT2D eigenvalue weighted by Crippen LogP contribution is 2.38. The first-order valence-electron chi connectivity index (χ1n) is 12.5. The number of aromatic nitrogens is 4. The van der Waals surface area contributed by atoms with Gasteiger partial charge in [0.05, 0.1) is 12.4 Å². The van der Waals surface area contributed by atoms with E-state index in [4.69, 9.17) is 9.26 Å². The molecule has 0 saturated heterocycles. The maximum Gasteiger partial charge on any atom is 0.316 e. The van der Waals surface area contributed by atoms with Gasteiger partial charge < -0.3 is 14.2 Å². The van der Waals surface area contributed by atoms with Crippen LogP contribution in [0.25, 0.3) is 11.1 Å². The van der Waals surface area contributed by atoms with E-state index in [-0.39, 0.29) is 18.7 Å². The van der Waals surface area contributed by atoms with Crippen LogP contribution in [0.3, 0.4) is 0 Å². The number of halogens is 1. The first-order valence-corrected chi connectivity index (χ1v) is 12.5.